The van der Waals surface area contributed by atoms with Crippen molar-refractivity contribution >= 4 is 0 Å². The van der Waals surface area contributed by atoms with Crippen LogP contribution in [0.25, 0.3) is 0 Å². The molecule has 0 radical (unpaired) electrons. The molecule has 0 N–H and O–H groups in total. The number of rotatable bonds is 3. The SMILES string of the molecule is CCCc1nc(CC)c(C)o1. The van der Waals surface area contributed by atoms with E-state index < -0.39 is 0 Å². The van der Waals surface area contributed by atoms with Gasteiger partial charge in [0, 0.05) is 6.42 Å². The van der Waals surface area contributed by atoms with Crippen LogP contribution in [-0.2, 0) is 12.8 Å². The van der Waals surface area contributed by atoms with Crippen molar-refractivity contribution in [2.24, 2.45) is 0 Å². The molecule has 0 unspecified atom stereocenters. The molecule has 0 aliphatic rings. The smallest absolute Gasteiger partial charge is 0.194 e. The summed E-state index contributed by atoms with van der Waals surface area (Å²) >= 11 is 0. The van der Waals surface area contributed by atoms with Crippen LogP contribution in [0.5, 0.6) is 0 Å². The van der Waals surface area contributed by atoms with Gasteiger partial charge in [0.25, 0.3) is 0 Å². The van der Waals surface area contributed by atoms with Gasteiger partial charge in [-0.2, -0.15) is 0 Å². The molecular weight excluding hydrogens is 138 g/mol. The first-order chi connectivity index (χ1) is 5.27. The van der Waals surface area contributed by atoms with Crippen molar-refractivity contribution < 1.29 is 4.42 Å². The van der Waals surface area contributed by atoms with Gasteiger partial charge < -0.3 is 4.42 Å². The lowest BCUT2D eigenvalue weighted by atomic mass is 10.3. The molecule has 0 bridgehead atoms. The lowest BCUT2D eigenvalue weighted by molar-refractivity contribution is 0.467. The summed E-state index contributed by atoms with van der Waals surface area (Å²) in [7, 11) is 0. The van der Waals surface area contributed by atoms with Gasteiger partial charge >= 0.3 is 0 Å². The van der Waals surface area contributed by atoms with Crippen molar-refractivity contribution in [3.8, 4) is 0 Å². The van der Waals surface area contributed by atoms with Crippen molar-refractivity contribution in [3.05, 3.63) is 17.3 Å². The van der Waals surface area contributed by atoms with Crippen LogP contribution in [0, 0.1) is 6.92 Å². The molecule has 1 rings (SSSR count). The predicted molar refractivity (Wildman–Crippen MR) is 44.6 cm³/mol. The molecule has 11 heavy (non-hydrogen) atoms. The van der Waals surface area contributed by atoms with Gasteiger partial charge in [-0.05, 0) is 19.8 Å². The Balaban J connectivity index is 2.77. The maximum absolute atomic E-state index is 5.43. The molecule has 0 saturated heterocycles. The Labute approximate surface area is 67.6 Å². The van der Waals surface area contributed by atoms with Crippen LogP contribution in [0.15, 0.2) is 4.42 Å². The Kier molecular flexibility index (Phi) is 2.69. The Morgan fingerprint density at radius 3 is 2.55 bits per heavy atom. The Hall–Kier alpha value is -0.790. The average molecular weight is 153 g/mol. The van der Waals surface area contributed by atoms with Gasteiger partial charge in [0.1, 0.15) is 5.76 Å². The zero-order valence-electron chi connectivity index (χ0n) is 7.48. The van der Waals surface area contributed by atoms with E-state index in [1.54, 1.807) is 0 Å². The van der Waals surface area contributed by atoms with Crippen LogP contribution >= 0.6 is 0 Å². The van der Waals surface area contributed by atoms with Gasteiger partial charge in [0.15, 0.2) is 5.89 Å². The molecule has 2 heteroatoms. The normalized spacial score (nSPS) is 10.5. The second-order valence-electron chi connectivity index (χ2n) is 2.71. The van der Waals surface area contributed by atoms with E-state index in [0.29, 0.717) is 0 Å². The number of aryl methyl sites for hydroxylation is 3. The fraction of sp³-hybridized carbons (Fsp3) is 0.667. The first-order valence-corrected chi connectivity index (χ1v) is 4.23. The van der Waals surface area contributed by atoms with Crippen molar-refractivity contribution in [1.29, 1.82) is 0 Å². The van der Waals surface area contributed by atoms with E-state index >= 15 is 0 Å². The number of aromatic nitrogens is 1. The number of nitrogens with zero attached hydrogens (tertiary/aromatic N) is 1. The summed E-state index contributed by atoms with van der Waals surface area (Å²) in [6.45, 7) is 6.21. The van der Waals surface area contributed by atoms with Gasteiger partial charge in [-0.25, -0.2) is 4.98 Å². The lowest BCUT2D eigenvalue weighted by Crippen LogP contribution is -1.84. The molecule has 1 aromatic rings. The number of hydrogen-bond donors (Lipinski definition) is 0. The molecule has 0 spiro atoms. The zero-order valence-corrected chi connectivity index (χ0v) is 7.48. The second-order valence-corrected chi connectivity index (χ2v) is 2.71. The van der Waals surface area contributed by atoms with Crippen LogP contribution in [-0.4, -0.2) is 4.98 Å². The summed E-state index contributed by atoms with van der Waals surface area (Å²) in [5, 5.41) is 0. The first-order valence-electron chi connectivity index (χ1n) is 4.23. The quantitative estimate of drug-likeness (QED) is 0.666. The maximum atomic E-state index is 5.43. The number of oxazole rings is 1. The van der Waals surface area contributed by atoms with Crippen molar-refractivity contribution in [3.63, 3.8) is 0 Å². The van der Waals surface area contributed by atoms with Crippen molar-refractivity contribution in [2.45, 2.75) is 40.0 Å². The van der Waals surface area contributed by atoms with Crippen LogP contribution < -0.4 is 0 Å². The maximum Gasteiger partial charge on any atom is 0.194 e. The monoisotopic (exact) mass is 153 g/mol. The molecule has 0 aliphatic heterocycles. The molecule has 2 nitrogen and oxygen atoms in total. The molecule has 1 heterocycles. The Bertz CT molecular complexity index is 227. The van der Waals surface area contributed by atoms with Crippen molar-refractivity contribution in [2.75, 3.05) is 0 Å². The van der Waals surface area contributed by atoms with E-state index in [2.05, 4.69) is 18.8 Å². The third-order valence-corrected chi connectivity index (χ3v) is 1.74. The topological polar surface area (TPSA) is 26.0 Å². The minimum atomic E-state index is 0.891. The second kappa shape index (κ2) is 3.56. The summed E-state index contributed by atoms with van der Waals surface area (Å²) in [6, 6.07) is 0. The predicted octanol–water partition coefficient (Wildman–Crippen LogP) is 2.50. The average Bonchev–Trinajstić information content (AvgIpc) is 2.32. The van der Waals surface area contributed by atoms with E-state index in [9.17, 15) is 0 Å². The molecule has 0 aromatic carbocycles. The molecule has 0 amide bonds. The Morgan fingerprint density at radius 1 is 1.36 bits per heavy atom. The zero-order chi connectivity index (χ0) is 8.27. The summed E-state index contributed by atoms with van der Waals surface area (Å²) in [5.74, 6) is 1.87. The Morgan fingerprint density at radius 2 is 2.09 bits per heavy atom. The van der Waals surface area contributed by atoms with Gasteiger partial charge in [0.2, 0.25) is 0 Å². The van der Waals surface area contributed by atoms with Crippen LogP contribution in [0.3, 0.4) is 0 Å². The highest BCUT2D eigenvalue weighted by molar-refractivity contribution is 5.07. The van der Waals surface area contributed by atoms with Gasteiger partial charge in [-0.3, -0.25) is 0 Å². The highest BCUT2D eigenvalue weighted by Gasteiger charge is 2.05. The van der Waals surface area contributed by atoms with E-state index in [0.717, 1.165) is 36.6 Å². The molecule has 0 fully saturated rings. The van der Waals surface area contributed by atoms with Crippen LogP contribution in [0.4, 0.5) is 0 Å². The molecule has 0 saturated carbocycles. The summed E-state index contributed by atoms with van der Waals surface area (Å²) < 4.78 is 5.43. The summed E-state index contributed by atoms with van der Waals surface area (Å²) in [5.41, 5.74) is 1.11. The third kappa shape index (κ3) is 1.82. The van der Waals surface area contributed by atoms with Gasteiger partial charge in [0.05, 0.1) is 5.69 Å². The van der Waals surface area contributed by atoms with Gasteiger partial charge in [-0.15, -0.1) is 0 Å². The van der Waals surface area contributed by atoms with Crippen molar-refractivity contribution in [1.82, 2.24) is 4.98 Å². The number of hydrogen-bond acceptors (Lipinski definition) is 2. The molecule has 0 aliphatic carbocycles. The largest absolute Gasteiger partial charge is 0.446 e. The van der Waals surface area contributed by atoms with E-state index in [1.165, 1.54) is 0 Å². The summed E-state index contributed by atoms with van der Waals surface area (Å²) in [4.78, 5) is 4.35. The fourth-order valence-corrected chi connectivity index (χ4v) is 1.14. The summed E-state index contributed by atoms with van der Waals surface area (Å²) in [6.07, 6.45) is 3.03. The first kappa shape index (κ1) is 8.31. The molecule has 1 aromatic heterocycles. The van der Waals surface area contributed by atoms with Crippen LogP contribution in [0.2, 0.25) is 0 Å². The lowest BCUT2D eigenvalue weighted by Gasteiger charge is -1.85. The van der Waals surface area contributed by atoms with Gasteiger partial charge in [-0.1, -0.05) is 13.8 Å². The van der Waals surface area contributed by atoms with Crippen LogP contribution in [0.1, 0.15) is 37.6 Å². The van der Waals surface area contributed by atoms with E-state index in [1.807, 2.05) is 6.92 Å². The third-order valence-electron chi connectivity index (χ3n) is 1.74. The molecule has 62 valence electrons. The minimum absolute atomic E-state index is 0.891. The van der Waals surface area contributed by atoms with E-state index in [4.69, 9.17) is 4.42 Å². The highest BCUT2D eigenvalue weighted by Crippen LogP contribution is 2.11. The molecular formula is C9H15NO. The fourth-order valence-electron chi connectivity index (χ4n) is 1.14. The highest BCUT2D eigenvalue weighted by atomic mass is 16.4. The van der Waals surface area contributed by atoms with E-state index in [-0.39, 0.29) is 0 Å². The molecule has 0 atom stereocenters. The standard InChI is InChI=1S/C9H15NO/c1-4-6-9-10-8(5-2)7(3)11-9/h4-6H2,1-3H3. The minimum Gasteiger partial charge on any atom is -0.446 e.